The normalized spacial score (nSPS) is 15.3. The molecular formula is C27H34N4O4. The second-order valence-electron chi connectivity index (χ2n) is 9.01. The third-order valence-corrected chi connectivity index (χ3v) is 5.91. The van der Waals surface area contributed by atoms with E-state index in [1.54, 1.807) is 16.7 Å². The van der Waals surface area contributed by atoms with Crippen LogP contribution in [0.25, 0.3) is 5.69 Å². The van der Waals surface area contributed by atoms with E-state index in [-0.39, 0.29) is 18.2 Å². The highest BCUT2D eigenvalue weighted by molar-refractivity contribution is 5.74. The molecule has 3 aromatic rings. The molecule has 4 rings (SSSR count). The summed E-state index contributed by atoms with van der Waals surface area (Å²) in [6.07, 6.45) is 1.99. The molecule has 1 aliphatic heterocycles. The second-order valence-corrected chi connectivity index (χ2v) is 9.01. The molecule has 0 aliphatic carbocycles. The summed E-state index contributed by atoms with van der Waals surface area (Å²) in [6.45, 7) is 7.46. The highest BCUT2D eigenvalue weighted by atomic mass is 16.5. The Morgan fingerprint density at radius 3 is 2.51 bits per heavy atom. The number of nitrogens with zero attached hydrogens (tertiary/aromatic N) is 3. The molecule has 1 aromatic heterocycles. The predicted molar refractivity (Wildman–Crippen MR) is 134 cm³/mol. The molecule has 1 aliphatic rings. The van der Waals surface area contributed by atoms with Crippen molar-refractivity contribution in [1.82, 2.24) is 20.0 Å². The lowest BCUT2D eigenvalue weighted by molar-refractivity contribution is 0.0789. The van der Waals surface area contributed by atoms with Crippen molar-refractivity contribution in [1.29, 1.82) is 0 Å². The van der Waals surface area contributed by atoms with Gasteiger partial charge in [0, 0.05) is 19.2 Å². The van der Waals surface area contributed by atoms with Gasteiger partial charge in [-0.1, -0.05) is 18.2 Å². The van der Waals surface area contributed by atoms with Crippen LogP contribution in [0.15, 0.2) is 54.6 Å². The molecule has 1 saturated heterocycles. The van der Waals surface area contributed by atoms with Crippen LogP contribution < -0.4 is 14.8 Å². The second kappa shape index (κ2) is 11.3. The van der Waals surface area contributed by atoms with Crippen LogP contribution in [0.4, 0.5) is 4.79 Å². The Morgan fingerprint density at radius 1 is 1.17 bits per heavy atom. The van der Waals surface area contributed by atoms with Gasteiger partial charge in [0.25, 0.3) is 0 Å². The van der Waals surface area contributed by atoms with E-state index in [2.05, 4.69) is 5.32 Å². The molecule has 8 heteroatoms. The molecule has 8 nitrogen and oxygen atoms in total. The summed E-state index contributed by atoms with van der Waals surface area (Å²) in [7, 11) is 1.63. The Hall–Kier alpha value is -3.52. The standard InChI is InChI=1S/C27H34N4O4/c1-19(2)28-27(32)30(17-24-11-8-16-34-24)18-25-20(3)29-31(21-9-6-5-7-10-21)26(25)35-23-14-12-22(33-4)13-15-23/h5-7,9-10,12-15,19,24H,8,11,16-18H2,1-4H3,(H,28,32)/t24-/m1/s1. The van der Waals surface area contributed by atoms with Crippen molar-refractivity contribution >= 4 is 6.03 Å². The molecule has 2 amide bonds. The summed E-state index contributed by atoms with van der Waals surface area (Å²) in [4.78, 5) is 15.0. The van der Waals surface area contributed by atoms with Crippen molar-refractivity contribution in [2.24, 2.45) is 0 Å². The minimum atomic E-state index is -0.127. The summed E-state index contributed by atoms with van der Waals surface area (Å²) in [6, 6.07) is 17.2. The lowest BCUT2D eigenvalue weighted by Gasteiger charge is -2.27. The van der Waals surface area contributed by atoms with Crippen molar-refractivity contribution in [3.63, 3.8) is 0 Å². The topological polar surface area (TPSA) is 77.8 Å². The van der Waals surface area contributed by atoms with Gasteiger partial charge in [0.2, 0.25) is 5.88 Å². The van der Waals surface area contributed by atoms with Crippen LogP contribution in [-0.4, -0.2) is 53.1 Å². The summed E-state index contributed by atoms with van der Waals surface area (Å²) < 4.78 is 19.3. The number of rotatable bonds is 9. The van der Waals surface area contributed by atoms with Gasteiger partial charge in [-0.05, 0) is 70.0 Å². The predicted octanol–water partition coefficient (Wildman–Crippen LogP) is 5.08. The highest BCUT2D eigenvalue weighted by Crippen LogP contribution is 2.32. The Morgan fingerprint density at radius 2 is 1.89 bits per heavy atom. The molecule has 186 valence electrons. The molecule has 1 N–H and O–H groups in total. The van der Waals surface area contributed by atoms with Crippen LogP contribution in [0, 0.1) is 6.92 Å². The number of amides is 2. The molecule has 0 spiro atoms. The summed E-state index contributed by atoms with van der Waals surface area (Å²) >= 11 is 0. The number of hydrogen-bond donors (Lipinski definition) is 1. The van der Waals surface area contributed by atoms with Gasteiger partial charge < -0.3 is 24.4 Å². The highest BCUT2D eigenvalue weighted by Gasteiger charge is 2.27. The van der Waals surface area contributed by atoms with Crippen molar-refractivity contribution in [2.45, 2.75) is 52.3 Å². The number of ether oxygens (including phenoxy) is 3. The van der Waals surface area contributed by atoms with E-state index in [1.807, 2.05) is 75.4 Å². The first-order chi connectivity index (χ1) is 16.9. The summed E-state index contributed by atoms with van der Waals surface area (Å²) in [5, 5.41) is 7.82. The number of carbonyl (C=O) groups is 1. The molecule has 0 radical (unpaired) electrons. The maximum Gasteiger partial charge on any atom is 0.317 e. The van der Waals surface area contributed by atoms with Crippen LogP contribution in [-0.2, 0) is 11.3 Å². The van der Waals surface area contributed by atoms with Crippen LogP contribution >= 0.6 is 0 Å². The number of hydrogen-bond acceptors (Lipinski definition) is 5. The molecule has 0 unspecified atom stereocenters. The number of nitrogens with one attached hydrogen (secondary N) is 1. The molecule has 1 fully saturated rings. The zero-order chi connectivity index (χ0) is 24.8. The lowest BCUT2D eigenvalue weighted by Crippen LogP contribution is -2.45. The molecule has 0 saturated carbocycles. The maximum atomic E-state index is 13.2. The number of aryl methyl sites for hydroxylation is 1. The quantitative estimate of drug-likeness (QED) is 0.464. The molecule has 35 heavy (non-hydrogen) atoms. The van der Waals surface area contributed by atoms with Crippen molar-refractivity contribution in [3.05, 3.63) is 65.9 Å². The Bertz CT molecular complexity index is 1110. The van der Waals surface area contributed by atoms with Gasteiger partial charge in [0.05, 0.1) is 36.7 Å². The average Bonchev–Trinajstić information content (AvgIpc) is 3.48. The van der Waals surface area contributed by atoms with Gasteiger partial charge >= 0.3 is 6.03 Å². The van der Waals surface area contributed by atoms with Crippen LogP contribution in [0.3, 0.4) is 0 Å². The fourth-order valence-corrected chi connectivity index (χ4v) is 4.11. The van der Waals surface area contributed by atoms with Crippen LogP contribution in [0.1, 0.15) is 37.9 Å². The van der Waals surface area contributed by atoms with E-state index in [0.717, 1.165) is 42.1 Å². The third kappa shape index (κ3) is 6.14. The first kappa shape index (κ1) is 24.6. The van der Waals surface area contributed by atoms with Crippen molar-refractivity contribution < 1.29 is 19.0 Å². The van der Waals surface area contributed by atoms with Gasteiger partial charge in [-0.2, -0.15) is 5.10 Å². The molecule has 2 aromatic carbocycles. The third-order valence-electron chi connectivity index (χ3n) is 5.91. The van der Waals surface area contributed by atoms with Crippen LogP contribution in [0.5, 0.6) is 17.4 Å². The first-order valence-electron chi connectivity index (χ1n) is 12.1. The van der Waals surface area contributed by atoms with E-state index in [1.165, 1.54) is 0 Å². The molecule has 2 heterocycles. The van der Waals surface area contributed by atoms with E-state index in [0.29, 0.717) is 24.7 Å². The van der Waals surface area contributed by atoms with Gasteiger partial charge in [-0.3, -0.25) is 0 Å². The zero-order valence-electron chi connectivity index (χ0n) is 20.9. The maximum absolute atomic E-state index is 13.2. The van der Waals surface area contributed by atoms with Crippen molar-refractivity contribution in [2.75, 3.05) is 20.3 Å². The van der Waals surface area contributed by atoms with E-state index >= 15 is 0 Å². The minimum Gasteiger partial charge on any atom is -0.497 e. The molecule has 0 bridgehead atoms. The Kier molecular flexibility index (Phi) is 7.92. The van der Waals surface area contributed by atoms with Crippen LogP contribution in [0.2, 0.25) is 0 Å². The van der Waals surface area contributed by atoms with Gasteiger partial charge in [-0.15, -0.1) is 0 Å². The lowest BCUT2D eigenvalue weighted by atomic mass is 10.2. The number of methoxy groups -OCH3 is 1. The van der Waals surface area contributed by atoms with E-state index in [4.69, 9.17) is 19.3 Å². The monoisotopic (exact) mass is 478 g/mol. The summed E-state index contributed by atoms with van der Waals surface area (Å²) in [5.74, 6) is 1.98. The average molecular weight is 479 g/mol. The number of benzene rings is 2. The van der Waals surface area contributed by atoms with Gasteiger partial charge in [0.1, 0.15) is 11.5 Å². The van der Waals surface area contributed by atoms with Crippen molar-refractivity contribution in [3.8, 4) is 23.1 Å². The van der Waals surface area contributed by atoms with Gasteiger partial charge in [0.15, 0.2) is 0 Å². The SMILES string of the molecule is COc1ccc(Oc2c(CN(C[C@H]3CCCO3)C(=O)NC(C)C)c(C)nn2-c2ccccc2)cc1. The Balaban J connectivity index is 1.70. The smallest absolute Gasteiger partial charge is 0.317 e. The number of aromatic nitrogens is 2. The fourth-order valence-electron chi connectivity index (χ4n) is 4.11. The fraction of sp³-hybridized carbons (Fsp3) is 0.407. The van der Waals surface area contributed by atoms with E-state index in [9.17, 15) is 4.79 Å². The minimum absolute atomic E-state index is 0.0256. The number of carbonyl (C=O) groups excluding carboxylic acids is 1. The number of urea groups is 1. The largest absolute Gasteiger partial charge is 0.497 e. The first-order valence-corrected chi connectivity index (χ1v) is 12.1. The zero-order valence-corrected chi connectivity index (χ0v) is 20.9. The molecular weight excluding hydrogens is 444 g/mol. The van der Waals surface area contributed by atoms with E-state index < -0.39 is 0 Å². The summed E-state index contributed by atoms with van der Waals surface area (Å²) in [5.41, 5.74) is 2.52. The molecule has 1 atom stereocenters. The number of para-hydroxylation sites is 1. The van der Waals surface area contributed by atoms with Gasteiger partial charge in [-0.25, -0.2) is 9.48 Å². The Labute approximate surface area is 206 Å².